The van der Waals surface area contributed by atoms with E-state index in [1.165, 1.54) is 0 Å². The topological polar surface area (TPSA) is 41.6 Å². The molecule has 0 bridgehead atoms. The van der Waals surface area contributed by atoms with Crippen molar-refractivity contribution in [1.29, 1.82) is 0 Å². The van der Waals surface area contributed by atoms with Crippen molar-refractivity contribution in [3.63, 3.8) is 0 Å². The first-order valence-electron chi connectivity index (χ1n) is 6.28. The van der Waals surface area contributed by atoms with E-state index in [9.17, 15) is 0 Å². The predicted octanol–water partition coefficient (Wildman–Crippen LogP) is 4.84. The zero-order valence-electron chi connectivity index (χ0n) is 11.0. The molecule has 3 aromatic rings. The molecule has 3 rings (SSSR count). The third-order valence-electron chi connectivity index (χ3n) is 3.16. The number of H-pyrrole nitrogens is 1. The molecular formula is C16H11Cl2N3. The van der Waals surface area contributed by atoms with E-state index in [0.29, 0.717) is 27.0 Å². The summed E-state index contributed by atoms with van der Waals surface area (Å²) in [5.41, 5.74) is 3.61. The number of aromatic amines is 1. The number of nitrogens with one attached hydrogen (secondary N) is 1. The lowest BCUT2D eigenvalue weighted by molar-refractivity contribution is 0.937. The predicted molar refractivity (Wildman–Crippen MR) is 86.4 cm³/mol. The van der Waals surface area contributed by atoms with Crippen LogP contribution in [0.25, 0.3) is 16.8 Å². The molecule has 0 aliphatic heterocycles. The molecule has 1 aromatic heterocycles. The van der Waals surface area contributed by atoms with Crippen LogP contribution in [0.4, 0.5) is 0 Å². The zero-order valence-corrected chi connectivity index (χ0v) is 12.5. The fraction of sp³-hybridized carbons (Fsp3) is 0. The molecule has 0 atom stereocenters. The maximum atomic E-state index is 6.25. The average Bonchev–Trinajstić information content (AvgIpc) is 2.96. The number of hydrogen-bond donors (Lipinski definition) is 1. The molecule has 0 unspecified atom stereocenters. The molecule has 3 nitrogen and oxygen atoms in total. The van der Waals surface area contributed by atoms with Crippen LogP contribution in [0.5, 0.6) is 0 Å². The third-order valence-corrected chi connectivity index (χ3v) is 3.79. The standard InChI is InChI=1S/C16H11Cl2N3/c1-10(11-6-3-2-4-7-11)15-16(20-21-19-15)14-12(17)8-5-9-13(14)18/h2-9H,1H2,(H,19,20,21). The minimum Gasteiger partial charge on any atom is -0.197 e. The minimum absolute atomic E-state index is 0.526. The smallest absolute Gasteiger partial charge is 0.123 e. The molecule has 5 heteroatoms. The highest BCUT2D eigenvalue weighted by atomic mass is 35.5. The van der Waals surface area contributed by atoms with E-state index in [1.807, 2.05) is 30.3 Å². The summed E-state index contributed by atoms with van der Waals surface area (Å²) in [6.45, 7) is 4.10. The van der Waals surface area contributed by atoms with E-state index < -0.39 is 0 Å². The van der Waals surface area contributed by atoms with Crippen molar-refractivity contribution < 1.29 is 0 Å². The summed E-state index contributed by atoms with van der Waals surface area (Å²) in [4.78, 5) is 0. The number of halogens is 2. The van der Waals surface area contributed by atoms with Crippen LogP contribution < -0.4 is 0 Å². The van der Waals surface area contributed by atoms with Crippen molar-refractivity contribution in [2.45, 2.75) is 0 Å². The Morgan fingerprint density at radius 3 is 2.24 bits per heavy atom. The first-order chi connectivity index (χ1) is 10.2. The third kappa shape index (κ3) is 2.58. The Morgan fingerprint density at radius 2 is 1.57 bits per heavy atom. The molecule has 0 saturated heterocycles. The van der Waals surface area contributed by atoms with Gasteiger partial charge in [-0.05, 0) is 17.7 Å². The van der Waals surface area contributed by atoms with Crippen molar-refractivity contribution in [3.8, 4) is 11.3 Å². The molecule has 0 radical (unpaired) electrons. The van der Waals surface area contributed by atoms with Crippen LogP contribution in [0.15, 0.2) is 55.1 Å². The number of rotatable bonds is 3. The highest BCUT2D eigenvalue weighted by molar-refractivity contribution is 6.39. The van der Waals surface area contributed by atoms with Gasteiger partial charge in [-0.1, -0.05) is 66.2 Å². The number of nitrogens with zero attached hydrogens (tertiary/aromatic N) is 2. The SMILES string of the molecule is C=C(c1ccccc1)c1n[nH]nc1-c1c(Cl)cccc1Cl. The van der Waals surface area contributed by atoms with Gasteiger partial charge in [-0.15, -0.1) is 0 Å². The Hall–Kier alpha value is -2.10. The lowest BCUT2D eigenvalue weighted by Gasteiger charge is -2.07. The molecule has 0 aliphatic carbocycles. The Balaban J connectivity index is 2.12. The average molecular weight is 316 g/mol. The molecule has 104 valence electrons. The number of benzene rings is 2. The van der Waals surface area contributed by atoms with Crippen LogP contribution in [0.2, 0.25) is 10.0 Å². The Bertz CT molecular complexity index is 774. The molecule has 0 amide bonds. The molecule has 1 N–H and O–H groups in total. The monoisotopic (exact) mass is 315 g/mol. The van der Waals surface area contributed by atoms with Crippen LogP contribution in [0.3, 0.4) is 0 Å². The quantitative estimate of drug-likeness (QED) is 0.751. The van der Waals surface area contributed by atoms with E-state index in [4.69, 9.17) is 23.2 Å². The van der Waals surface area contributed by atoms with Crippen molar-refractivity contribution in [2.75, 3.05) is 0 Å². The number of aromatic nitrogens is 3. The van der Waals surface area contributed by atoms with Crippen LogP contribution in [0, 0.1) is 0 Å². The lowest BCUT2D eigenvalue weighted by atomic mass is 10.0. The largest absolute Gasteiger partial charge is 0.197 e. The molecule has 21 heavy (non-hydrogen) atoms. The Labute approximate surface area is 132 Å². The highest BCUT2D eigenvalue weighted by Gasteiger charge is 2.19. The maximum Gasteiger partial charge on any atom is 0.123 e. The molecule has 0 fully saturated rings. The second kappa shape index (κ2) is 5.72. The summed E-state index contributed by atoms with van der Waals surface area (Å²) in [6.07, 6.45) is 0. The van der Waals surface area contributed by atoms with Crippen LogP contribution in [-0.4, -0.2) is 15.4 Å². The van der Waals surface area contributed by atoms with Crippen LogP contribution >= 0.6 is 23.2 Å². The Kier molecular flexibility index (Phi) is 3.78. The fourth-order valence-electron chi connectivity index (χ4n) is 2.12. The normalized spacial score (nSPS) is 10.6. The van der Waals surface area contributed by atoms with Crippen LogP contribution in [0.1, 0.15) is 11.3 Å². The van der Waals surface area contributed by atoms with Gasteiger partial charge in [-0.3, -0.25) is 0 Å². The summed E-state index contributed by atoms with van der Waals surface area (Å²) in [5, 5.41) is 12.1. The highest BCUT2D eigenvalue weighted by Crippen LogP contribution is 2.37. The maximum absolute atomic E-state index is 6.25. The molecule has 0 saturated carbocycles. The van der Waals surface area contributed by atoms with Crippen molar-refractivity contribution >= 4 is 28.8 Å². The summed E-state index contributed by atoms with van der Waals surface area (Å²) >= 11 is 12.5. The van der Waals surface area contributed by atoms with E-state index in [-0.39, 0.29) is 0 Å². The van der Waals surface area contributed by atoms with Gasteiger partial charge in [-0.2, -0.15) is 15.4 Å². The summed E-state index contributed by atoms with van der Waals surface area (Å²) in [7, 11) is 0. The van der Waals surface area contributed by atoms with Gasteiger partial charge in [0.15, 0.2) is 0 Å². The van der Waals surface area contributed by atoms with Crippen molar-refractivity contribution in [1.82, 2.24) is 15.4 Å². The van der Waals surface area contributed by atoms with Crippen LogP contribution in [-0.2, 0) is 0 Å². The number of hydrogen-bond acceptors (Lipinski definition) is 2. The van der Waals surface area contributed by atoms with Gasteiger partial charge in [0.05, 0.1) is 10.0 Å². The molecule has 0 spiro atoms. The summed E-state index contributed by atoms with van der Waals surface area (Å²) < 4.78 is 0. The second-order valence-corrected chi connectivity index (χ2v) is 5.28. The molecule has 0 aliphatic rings. The van der Waals surface area contributed by atoms with Gasteiger partial charge in [-0.25, -0.2) is 0 Å². The van der Waals surface area contributed by atoms with E-state index in [1.54, 1.807) is 18.2 Å². The van der Waals surface area contributed by atoms with Gasteiger partial charge in [0.2, 0.25) is 0 Å². The molecular weight excluding hydrogens is 305 g/mol. The summed E-state index contributed by atoms with van der Waals surface area (Å²) in [6, 6.07) is 15.1. The minimum atomic E-state index is 0.526. The first kappa shape index (κ1) is 13.9. The van der Waals surface area contributed by atoms with Crippen molar-refractivity contribution in [3.05, 3.63) is 76.4 Å². The van der Waals surface area contributed by atoms with E-state index in [2.05, 4.69) is 22.0 Å². The van der Waals surface area contributed by atoms with Crippen molar-refractivity contribution in [2.24, 2.45) is 0 Å². The van der Waals surface area contributed by atoms with Gasteiger partial charge in [0, 0.05) is 11.1 Å². The van der Waals surface area contributed by atoms with Gasteiger partial charge < -0.3 is 0 Å². The Morgan fingerprint density at radius 1 is 0.905 bits per heavy atom. The van der Waals surface area contributed by atoms with E-state index >= 15 is 0 Å². The van der Waals surface area contributed by atoms with E-state index in [0.717, 1.165) is 11.1 Å². The van der Waals surface area contributed by atoms with Gasteiger partial charge in [0.1, 0.15) is 11.4 Å². The van der Waals surface area contributed by atoms with Gasteiger partial charge >= 0.3 is 0 Å². The summed E-state index contributed by atoms with van der Waals surface area (Å²) in [5.74, 6) is 0. The molecule has 2 aromatic carbocycles. The molecule has 1 heterocycles. The first-order valence-corrected chi connectivity index (χ1v) is 7.04. The lowest BCUT2D eigenvalue weighted by Crippen LogP contribution is -1.91. The fourth-order valence-corrected chi connectivity index (χ4v) is 2.69. The zero-order chi connectivity index (χ0) is 14.8. The van der Waals surface area contributed by atoms with Gasteiger partial charge in [0.25, 0.3) is 0 Å². The second-order valence-electron chi connectivity index (χ2n) is 4.46.